The summed E-state index contributed by atoms with van der Waals surface area (Å²) in [7, 11) is 2.04. The highest BCUT2D eigenvalue weighted by atomic mass is 19.1. The van der Waals surface area contributed by atoms with E-state index in [1.54, 1.807) is 29.4 Å². The summed E-state index contributed by atoms with van der Waals surface area (Å²) in [5.74, 6) is -0.764. The Kier molecular flexibility index (Phi) is 6.27. The molecule has 0 radical (unpaired) electrons. The molecule has 0 N–H and O–H groups in total. The molecule has 1 aliphatic heterocycles. The van der Waals surface area contributed by atoms with E-state index in [-0.39, 0.29) is 17.5 Å². The van der Waals surface area contributed by atoms with E-state index >= 15 is 0 Å². The number of carbonyl (C=O) groups is 1. The van der Waals surface area contributed by atoms with Gasteiger partial charge >= 0.3 is 0 Å². The maximum absolute atomic E-state index is 14.7. The maximum atomic E-state index is 14.7. The van der Waals surface area contributed by atoms with Crippen molar-refractivity contribution in [3.63, 3.8) is 0 Å². The fraction of sp³-hybridized carbons (Fsp3) is 0.259. The van der Waals surface area contributed by atoms with Gasteiger partial charge in [-0.2, -0.15) is 10.2 Å². The van der Waals surface area contributed by atoms with Gasteiger partial charge in [0.1, 0.15) is 5.82 Å². The predicted octanol–water partition coefficient (Wildman–Crippen LogP) is 4.10. The Balaban J connectivity index is 1.30. The van der Waals surface area contributed by atoms with Crippen LogP contribution in [0.2, 0.25) is 0 Å². The number of aromatic nitrogens is 3. The van der Waals surface area contributed by atoms with Gasteiger partial charge in [0.25, 0.3) is 5.91 Å². The molecule has 3 heterocycles. The van der Waals surface area contributed by atoms with Crippen molar-refractivity contribution in [3.8, 4) is 0 Å². The lowest BCUT2D eigenvalue weighted by molar-refractivity contribution is 0.0774. The van der Waals surface area contributed by atoms with Gasteiger partial charge < -0.3 is 4.90 Å². The van der Waals surface area contributed by atoms with Crippen LogP contribution >= 0.6 is 0 Å². The third-order valence-electron chi connectivity index (χ3n) is 6.49. The highest BCUT2D eigenvalue weighted by molar-refractivity contribution is 5.95. The monoisotopic (exact) mass is 455 g/mol. The average Bonchev–Trinajstić information content (AvgIpc) is 3.36. The van der Waals surface area contributed by atoms with Crippen LogP contribution in [0.15, 0.2) is 73.1 Å². The number of nitrogens with zero attached hydrogens (tertiary/aromatic N) is 5. The molecule has 1 amide bonds. The molecule has 1 aliphatic rings. The van der Waals surface area contributed by atoms with Crippen LogP contribution in [0.5, 0.6) is 0 Å². The summed E-state index contributed by atoms with van der Waals surface area (Å²) >= 11 is 0. The summed E-state index contributed by atoms with van der Waals surface area (Å²) in [6.07, 6.45) is 4.84. The highest BCUT2D eigenvalue weighted by Crippen LogP contribution is 2.23. The maximum Gasteiger partial charge on any atom is 0.256 e. The third kappa shape index (κ3) is 4.65. The molecule has 2 aromatic heterocycles. The number of halogens is 1. The minimum Gasteiger partial charge on any atom is -0.337 e. The minimum absolute atomic E-state index is 0.110. The zero-order valence-corrected chi connectivity index (χ0v) is 19.1. The Hall–Kier alpha value is -3.71. The van der Waals surface area contributed by atoms with Crippen molar-refractivity contribution in [1.29, 1.82) is 0 Å². The van der Waals surface area contributed by atoms with Crippen molar-refractivity contribution in [2.45, 2.75) is 25.4 Å². The summed E-state index contributed by atoms with van der Waals surface area (Å²) in [4.78, 5) is 21.6. The number of rotatable bonds is 6. The van der Waals surface area contributed by atoms with Crippen LogP contribution < -0.4 is 0 Å². The number of fused-ring (bicyclic) bond motifs is 1. The largest absolute Gasteiger partial charge is 0.337 e. The Bertz CT molecular complexity index is 1310. The fourth-order valence-corrected chi connectivity index (χ4v) is 4.59. The SMILES string of the molecule is CN(Cc1ccccn1)[C@@H]1CCN(C(=O)c2cc(Cc3nncc4ccccc34)ccc2F)C1. The second kappa shape index (κ2) is 9.65. The zero-order chi connectivity index (χ0) is 23.5. The zero-order valence-electron chi connectivity index (χ0n) is 19.1. The number of hydrogen-bond acceptors (Lipinski definition) is 5. The second-order valence-electron chi connectivity index (χ2n) is 8.80. The molecule has 0 bridgehead atoms. The van der Waals surface area contributed by atoms with E-state index in [2.05, 4.69) is 20.1 Å². The molecular formula is C27H26FN5O. The van der Waals surface area contributed by atoms with E-state index in [4.69, 9.17) is 0 Å². The van der Waals surface area contributed by atoms with Gasteiger partial charge in [-0.15, -0.1) is 0 Å². The molecule has 1 saturated heterocycles. The standard InChI is InChI=1S/C27H26FN5O/c1-32(17-21-7-4-5-12-29-21)22-11-13-33(18-22)27(34)24-14-19(9-10-25(24)28)15-26-23-8-3-2-6-20(23)16-30-31-26/h2-10,12,14,16,22H,11,13,15,17-18H2,1H3/t22-/m1/s1. The van der Waals surface area contributed by atoms with Crippen LogP contribution in [0.25, 0.3) is 10.8 Å². The third-order valence-corrected chi connectivity index (χ3v) is 6.49. The van der Waals surface area contributed by atoms with E-state index in [9.17, 15) is 9.18 Å². The molecule has 172 valence electrons. The molecular weight excluding hydrogens is 429 g/mol. The molecule has 0 saturated carbocycles. The van der Waals surface area contributed by atoms with Crippen molar-refractivity contribution in [2.24, 2.45) is 0 Å². The van der Waals surface area contributed by atoms with E-state index < -0.39 is 5.82 Å². The van der Waals surface area contributed by atoms with Crippen LogP contribution in [0.1, 0.15) is 33.7 Å². The summed E-state index contributed by atoms with van der Waals surface area (Å²) in [5.41, 5.74) is 2.74. The topological polar surface area (TPSA) is 62.2 Å². The molecule has 1 fully saturated rings. The molecule has 6 nitrogen and oxygen atoms in total. The average molecular weight is 456 g/mol. The lowest BCUT2D eigenvalue weighted by Gasteiger charge is -2.24. The lowest BCUT2D eigenvalue weighted by atomic mass is 10.0. The number of amides is 1. The Morgan fingerprint density at radius 1 is 1.15 bits per heavy atom. The lowest BCUT2D eigenvalue weighted by Crippen LogP contribution is -2.36. The highest BCUT2D eigenvalue weighted by Gasteiger charge is 2.30. The van der Waals surface area contributed by atoms with E-state index in [1.165, 1.54) is 6.07 Å². The summed E-state index contributed by atoms with van der Waals surface area (Å²) < 4.78 is 14.7. The molecule has 0 spiro atoms. The first kappa shape index (κ1) is 22.1. The van der Waals surface area contributed by atoms with Gasteiger partial charge in [-0.05, 0) is 43.3 Å². The first-order valence-electron chi connectivity index (χ1n) is 11.5. The van der Waals surface area contributed by atoms with Crippen molar-refractivity contribution < 1.29 is 9.18 Å². The van der Waals surface area contributed by atoms with E-state index in [0.717, 1.165) is 34.1 Å². The van der Waals surface area contributed by atoms with Gasteiger partial charge in [-0.1, -0.05) is 36.4 Å². The Labute approximate surface area is 198 Å². The number of carbonyl (C=O) groups excluding carboxylic acids is 1. The first-order valence-corrected chi connectivity index (χ1v) is 11.5. The van der Waals surface area contributed by atoms with Gasteiger partial charge in [0, 0.05) is 49.1 Å². The molecule has 5 rings (SSSR count). The number of likely N-dealkylation sites (tertiary alicyclic amines) is 1. The van der Waals surface area contributed by atoms with Crippen LogP contribution in [0, 0.1) is 5.82 Å². The molecule has 0 aliphatic carbocycles. The minimum atomic E-state index is -0.497. The van der Waals surface area contributed by atoms with Gasteiger partial charge in [-0.3, -0.25) is 14.7 Å². The van der Waals surface area contributed by atoms with Crippen molar-refractivity contribution in [1.82, 2.24) is 25.0 Å². The van der Waals surface area contributed by atoms with Gasteiger partial charge in [-0.25, -0.2) is 4.39 Å². The smallest absolute Gasteiger partial charge is 0.256 e. The number of pyridine rings is 1. The molecule has 7 heteroatoms. The van der Waals surface area contributed by atoms with Crippen molar-refractivity contribution in [3.05, 3.63) is 101 Å². The number of likely N-dealkylation sites (N-methyl/N-ethyl adjacent to an activating group) is 1. The Morgan fingerprint density at radius 2 is 2.00 bits per heavy atom. The fourth-order valence-electron chi connectivity index (χ4n) is 4.59. The van der Waals surface area contributed by atoms with Crippen LogP contribution in [0.3, 0.4) is 0 Å². The summed E-state index contributed by atoms with van der Waals surface area (Å²) in [5, 5.41) is 10.4. The summed E-state index contributed by atoms with van der Waals surface area (Å²) in [6, 6.07) is 18.7. The molecule has 0 unspecified atom stereocenters. The first-order chi connectivity index (χ1) is 16.6. The normalized spacial score (nSPS) is 15.9. The Morgan fingerprint density at radius 3 is 2.85 bits per heavy atom. The van der Waals surface area contributed by atoms with Crippen LogP contribution in [-0.2, 0) is 13.0 Å². The quantitative estimate of drug-likeness (QED) is 0.438. The van der Waals surface area contributed by atoms with E-state index in [0.29, 0.717) is 26.1 Å². The molecule has 2 aromatic carbocycles. The van der Waals surface area contributed by atoms with Crippen LogP contribution in [-0.4, -0.2) is 57.1 Å². The van der Waals surface area contributed by atoms with Gasteiger partial charge in [0.15, 0.2) is 0 Å². The van der Waals surface area contributed by atoms with Gasteiger partial charge in [0.2, 0.25) is 0 Å². The number of benzene rings is 2. The summed E-state index contributed by atoms with van der Waals surface area (Å²) in [6.45, 7) is 1.89. The van der Waals surface area contributed by atoms with E-state index in [1.807, 2.05) is 49.5 Å². The van der Waals surface area contributed by atoms with Crippen LogP contribution in [0.4, 0.5) is 4.39 Å². The predicted molar refractivity (Wildman–Crippen MR) is 129 cm³/mol. The second-order valence-corrected chi connectivity index (χ2v) is 8.80. The number of hydrogen-bond donors (Lipinski definition) is 0. The molecule has 34 heavy (non-hydrogen) atoms. The van der Waals surface area contributed by atoms with Crippen molar-refractivity contribution >= 4 is 16.7 Å². The van der Waals surface area contributed by atoms with Crippen molar-refractivity contribution in [2.75, 3.05) is 20.1 Å². The van der Waals surface area contributed by atoms with Gasteiger partial charge in [0.05, 0.1) is 23.1 Å². The molecule has 1 atom stereocenters. The molecule has 4 aromatic rings.